The smallest absolute Gasteiger partial charge is 0.267 e. The van der Waals surface area contributed by atoms with Crippen LogP contribution in [0.5, 0.6) is 5.75 Å². The Morgan fingerprint density at radius 3 is 2.62 bits per heavy atom. The number of aryl methyl sites for hydroxylation is 2. The first-order valence-corrected chi connectivity index (χ1v) is 13.5. The van der Waals surface area contributed by atoms with Gasteiger partial charge in [0.1, 0.15) is 10.6 Å². The number of nitrogens with one attached hydrogen (secondary N) is 1. The second-order valence-corrected chi connectivity index (χ2v) is 10.9. The van der Waals surface area contributed by atoms with E-state index in [0.29, 0.717) is 10.8 Å². The number of carbonyl (C=O) groups excluding carboxylic acids is 1. The molecule has 1 N–H and O–H groups in total. The molecule has 0 fully saturated rings. The van der Waals surface area contributed by atoms with Gasteiger partial charge in [0.15, 0.2) is 5.16 Å². The molecule has 1 amide bonds. The number of nitrogens with zero attached hydrogens (tertiary/aromatic N) is 2. The summed E-state index contributed by atoms with van der Waals surface area (Å²) in [5, 5.41) is 4.14. The molecule has 0 spiro atoms. The summed E-state index contributed by atoms with van der Waals surface area (Å²) in [6.07, 6.45) is 4.16. The van der Waals surface area contributed by atoms with Crippen LogP contribution in [0.25, 0.3) is 15.9 Å². The van der Waals surface area contributed by atoms with Crippen LogP contribution in [-0.4, -0.2) is 28.3 Å². The van der Waals surface area contributed by atoms with Crippen LogP contribution in [0.2, 0.25) is 0 Å². The minimum absolute atomic E-state index is 0.0650. The molecule has 34 heavy (non-hydrogen) atoms. The number of hydrogen-bond acceptors (Lipinski definition) is 6. The number of hydrogen-bond donors (Lipinski definition) is 1. The van der Waals surface area contributed by atoms with Crippen LogP contribution in [0.3, 0.4) is 0 Å². The number of rotatable bonds is 6. The first-order chi connectivity index (χ1) is 16.5. The Bertz CT molecular complexity index is 1410. The summed E-state index contributed by atoms with van der Waals surface area (Å²) in [6.45, 7) is 0. The van der Waals surface area contributed by atoms with Gasteiger partial charge in [-0.3, -0.25) is 14.2 Å². The lowest BCUT2D eigenvalue weighted by atomic mass is 9.97. The Balaban J connectivity index is 1.48. The molecular formula is C25H22BrN3O3S2. The molecule has 2 aromatic carbocycles. The predicted molar refractivity (Wildman–Crippen MR) is 142 cm³/mol. The normalized spacial score (nSPS) is 13.0. The number of aromatic nitrogens is 2. The summed E-state index contributed by atoms with van der Waals surface area (Å²) in [5.74, 6) is 0.686. The van der Waals surface area contributed by atoms with E-state index in [-0.39, 0.29) is 17.2 Å². The highest BCUT2D eigenvalue weighted by Crippen LogP contribution is 2.35. The van der Waals surface area contributed by atoms with Crippen molar-refractivity contribution in [2.24, 2.45) is 0 Å². The van der Waals surface area contributed by atoms with Gasteiger partial charge in [-0.1, -0.05) is 27.7 Å². The van der Waals surface area contributed by atoms with E-state index in [0.717, 1.165) is 57.4 Å². The molecule has 0 atom stereocenters. The molecule has 0 bridgehead atoms. The molecule has 9 heteroatoms. The van der Waals surface area contributed by atoms with Gasteiger partial charge in [0.2, 0.25) is 5.91 Å². The van der Waals surface area contributed by atoms with Crippen molar-refractivity contribution >= 4 is 60.8 Å². The second kappa shape index (κ2) is 9.93. The molecule has 5 rings (SSSR count). The van der Waals surface area contributed by atoms with E-state index in [1.54, 1.807) is 47.3 Å². The number of benzene rings is 2. The number of thioether (sulfide) groups is 1. The zero-order valence-corrected chi connectivity index (χ0v) is 21.7. The lowest BCUT2D eigenvalue weighted by Gasteiger charge is -2.14. The first-order valence-electron chi connectivity index (χ1n) is 10.9. The number of thiophene rings is 1. The molecule has 4 aromatic rings. The van der Waals surface area contributed by atoms with Crippen LogP contribution in [-0.2, 0) is 17.6 Å². The topological polar surface area (TPSA) is 73.2 Å². The summed E-state index contributed by atoms with van der Waals surface area (Å²) in [7, 11) is 1.60. The third kappa shape index (κ3) is 4.64. The Morgan fingerprint density at radius 1 is 1.15 bits per heavy atom. The zero-order valence-electron chi connectivity index (χ0n) is 18.5. The lowest BCUT2D eigenvalue weighted by Crippen LogP contribution is -2.23. The molecule has 2 heterocycles. The van der Waals surface area contributed by atoms with E-state index in [9.17, 15) is 9.59 Å². The summed E-state index contributed by atoms with van der Waals surface area (Å²) >= 11 is 6.34. The maximum absolute atomic E-state index is 13.8. The van der Waals surface area contributed by atoms with E-state index in [1.807, 2.05) is 24.3 Å². The quantitative estimate of drug-likeness (QED) is 0.239. The van der Waals surface area contributed by atoms with Crippen molar-refractivity contribution in [3.63, 3.8) is 0 Å². The monoisotopic (exact) mass is 555 g/mol. The molecule has 1 aliphatic rings. The summed E-state index contributed by atoms with van der Waals surface area (Å²) < 4.78 is 7.73. The maximum atomic E-state index is 13.8. The Kier molecular flexibility index (Phi) is 6.76. The van der Waals surface area contributed by atoms with Crippen molar-refractivity contribution in [1.82, 2.24) is 9.55 Å². The van der Waals surface area contributed by atoms with E-state index < -0.39 is 0 Å². The van der Waals surface area contributed by atoms with Gasteiger partial charge in [-0.15, -0.1) is 11.3 Å². The largest absolute Gasteiger partial charge is 0.497 e. The van der Waals surface area contributed by atoms with E-state index in [2.05, 4.69) is 21.2 Å². The van der Waals surface area contributed by atoms with Crippen LogP contribution in [0.15, 0.2) is 63.0 Å². The third-order valence-electron chi connectivity index (χ3n) is 5.75. The van der Waals surface area contributed by atoms with Crippen LogP contribution >= 0.6 is 39.0 Å². The standard InChI is InChI=1S/C25H22BrN3O3S2/c1-32-18-12-8-16(9-13-18)27-21(30)14-33-25-28-23-22(19-4-2-3-5-20(19)34-23)24(31)29(25)17-10-6-15(26)7-11-17/h6-13H,2-5,14H2,1H3,(H,27,30). The number of amides is 1. The number of halogens is 1. The summed E-state index contributed by atoms with van der Waals surface area (Å²) in [4.78, 5) is 33.3. The summed E-state index contributed by atoms with van der Waals surface area (Å²) in [6, 6.07) is 14.8. The Labute approximate surface area is 213 Å². The highest BCUT2D eigenvalue weighted by atomic mass is 79.9. The fourth-order valence-corrected chi connectivity index (χ4v) is 6.48. The molecule has 0 aliphatic heterocycles. The molecule has 6 nitrogen and oxygen atoms in total. The fourth-order valence-electron chi connectivity index (χ4n) is 4.10. The van der Waals surface area contributed by atoms with Crippen LogP contribution in [0.1, 0.15) is 23.3 Å². The average molecular weight is 557 g/mol. The first kappa shape index (κ1) is 23.1. The molecule has 0 radical (unpaired) electrons. The molecule has 0 saturated carbocycles. The van der Waals surface area contributed by atoms with Crippen molar-refractivity contribution in [3.8, 4) is 11.4 Å². The van der Waals surface area contributed by atoms with E-state index >= 15 is 0 Å². The Morgan fingerprint density at radius 2 is 1.88 bits per heavy atom. The second-order valence-electron chi connectivity index (χ2n) is 7.97. The van der Waals surface area contributed by atoms with Crippen molar-refractivity contribution in [2.45, 2.75) is 30.8 Å². The van der Waals surface area contributed by atoms with Crippen molar-refractivity contribution in [3.05, 3.63) is 73.8 Å². The Hall–Kier alpha value is -2.62. The van der Waals surface area contributed by atoms with Gasteiger partial charge in [0.25, 0.3) is 5.56 Å². The lowest BCUT2D eigenvalue weighted by molar-refractivity contribution is -0.113. The van der Waals surface area contributed by atoms with Gasteiger partial charge in [0.05, 0.1) is 23.9 Å². The van der Waals surface area contributed by atoms with E-state index in [1.165, 1.54) is 16.6 Å². The molecular weight excluding hydrogens is 534 g/mol. The summed E-state index contributed by atoms with van der Waals surface area (Å²) in [5.41, 5.74) is 2.51. The molecule has 174 valence electrons. The maximum Gasteiger partial charge on any atom is 0.267 e. The number of ether oxygens (including phenoxy) is 1. The van der Waals surface area contributed by atoms with Gasteiger partial charge in [-0.2, -0.15) is 0 Å². The molecule has 0 unspecified atom stereocenters. The van der Waals surface area contributed by atoms with Crippen LogP contribution in [0, 0.1) is 0 Å². The van der Waals surface area contributed by atoms with Gasteiger partial charge >= 0.3 is 0 Å². The van der Waals surface area contributed by atoms with Crippen molar-refractivity contribution in [1.29, 1.82) is 0 Å². The van der Waals surface area contributed by atoms with Crippen LogP contribution in [0.4, 0.5) is 5.69 Å². The van der Waals surface area contributed by atoms with Crippen molar-refractivity contribution in [2.75, 3.05) is 18.2 Å². The minimum Gasteiger partial charge on any atom is -0.497 e. The molecule has 0 saturated heterocycles. The number of anilines is 1. The molecule has 1 aliphatic carbocycles. The zero-order chi connectivity index (χ0) is 23.7. The SMILES string of the molecule is COc1ccc(NC(=O)CSc2nc3sc4c(c3c(=O)n2-c2ccc(Br)cc2)CCCC4)cc1. The average Bonchev–Trinajstić information content (AvgIpc) is 3.23. The minimum atomic E-state index is -0.169. The third-order valence-corrected chi connectivity index (χ3v) is 8.40. The number of fused-ring (bicyclic) bond motifs is 3. The number of carbonyl (C=O) groups is 1. The predicted octanol–water partition coefficient (Wildman–Crippen LogP) is 5.83. The van der Waals surface area contributed by atoms with Crippen molar-refractivity contribution < 1.29 is 9.53 Å². The van der Waals surface area contributed by atoms with Gasteiger partial charge in [-0.25, -0.2) is 4.98 Å². The number of methoxy groups -OCH3 is 1. The van der Waals surface area contributed by atoms with Gasteiger partial charge in [0, 0.05) is 15.0 Å². The van der Waals surface area contributed by atoms with E-state index in [4.69, 9.17) is 9.72 Å². The van der Waals surface area contributed by atoms with Gasteiger partial charge < -0.3 is 10.1 Å². The fraction of sp³-hybridized carbons (Fsp3) is 0.240. The van der Waals surface area contributed by atoms with Gasteiger partial charge in [-0.05, 0) is 79.8 Å². The highest BCUT2D eigenvalue weighted by Gasteiger charge is 2.23. The van der Waals surface area contributed by atoms with Crippen LogP contribution < -0.4 is 15.6 Å². The molecule has 2 aromatic heterocycles. The highest BCUT2D eigenvalue weighted by molar-refractivity contribution is 9.10.